The molecule has 1 amide bonds. The molecule has 3 aromatic rings. The highest BCUT2D eigenvalue weighted by Crippen LogP contribution is 2.27. The second kappa shape index (κ2) is 8.13. The molecule has 0 saturated heterocycles. The number of carbonyl (C=O) groups is 1. The summed E-state index contributed by atoms with van der Waals surface area (Å²) in [7, 11) is 0. The third kappa shape index (κ3) is 4.24. The van der Waals surface area contributed by atoms with Crippen LogP contribution < -0.4 is 5.32 Å². The summed E-state index contributed by atoms with van der Waals surface area (Å²) in [5.74, 6) is 0.793. The van der Waals surface area contributed by atoms with Crippen LogP contribution in [-0.2, 0) is 0 Å². The van der Waals surface area contributed by atoms with E-state index in [9.17, 15) is 4.79 Å². The first-order valence-electron chi connectivity index (χ1n) is 7.73. The largest absolute Gasteiger partial charge is 0.350 e. The van der Waals surface area contributed by atoms with Gasteiger partial charge in [0, 0.05) is 22.8 Å². The minimum absolute atomic E-state index is 0.0480. The Kier molecular flexibility index (Phi) is 5.67. The van der Waals surface area contributed by atoms with Gasteiger partial charge in [0.15, 0.2) is 0 Å². The van der Waals surface area contributed by atoms with Crippen LogP contribution in [0.3, 0.4) is 0 Å². The molecule has 122 valence electrons. The normalized spacial score (nSPS) is 10.5. The van der Waals surface area contributed by atoms with Crippen LogP contribution in [0.1, 0.15) is 14.7 Å². The molecule has 24 heavy (non-hydrogen) atoms. The number of aryl methyl sites for hydroxylation is 1. The molecule has 0 saturated carbocycles. The van der Waals surface area contributed by atoms with Gasteiger partial charge in [-0.1, -0.05) is 48.5 Å². The van der Waals surface area contributed by atoms with E-state index in [2.05, 4.69) is 22.4 Å². The molecule has 1 N–H and O–H groups in total. The summed E-state index contributed by atoms with van der Waals surface area (Å²) in [5.41, 5.74) is 1.75. The summed E-state index contributed by atoms with van der Waals surface area (Å²) in [6, 6.07) is 20.0. The summed E-state index contributed by atoms with van der Waals surface area (Å²) < 4.78 is 0. The molecule has 0 fully saturated rings. The first-order valence-corrected chi connectivity index (χ1v) is 9.53. The second-order valence-electron chi connectivity index (χ2n) is 5.19. The highest BCUT2D eigenvalue weighted by Gasteiger charge is 2.17. The summed E-state index contributed by atoms with van der Waals surface area (Å²) in [6.45, 7) is 2.56. The average molecular weight is 354 g/mol. The van der Waals surface area contributed by atoms with Crippen molar-refractivity contribution in [1.29, 1.82) is 0 Å². The maximum atomic E-state index is 12.5. The number of nitrogens with one attached hydrogen (secondary N) is 1. The first-order chi connectivity index (χ1) is 11.7. The number of benzene rings is 2. The maximum absolute atomic E-state index is 12.5. The molecule has 0 unspecified atom stereocenters. The number of amides is 1. The Labute approximate surface area is 150 Å². The van der Waals surface area contributed by atoms with Gasteiger partial charge in [0.1, 0.15) is 4.88 Å². The van der Waals surface area contributed by atoms with Gasteiger partial charge in [-0.05, 0) is 19.1 Å². The van der Waals surface area contributed by atoms with Crippen molar-refractivity contribution in [1.82, 2.24) is 10.3 Å². The van der Waals surface area contributed by atoms with Gasteiger partial charge in [0.2, 0.25) is 0 Å². The van der Waals surface area contributed by atoms with Gasteiger partial charge < -0.3 is 5.32 Å². The summed E-state index contributed by atoms with van der Waals surface area (Å²) in [6.07, 6.45) is 0. The number of hydrogen-bond donors (Lipinski definition) is 1. The lowest BCUT2D eigenvalue weighted by Gasteiger charge is -2.05. The Bertz CT molecular complexity index is 801. The number of rotatable bonds is 6. The zero-order chi connectivity index (χ0) is 16.8. The summed E-state index contributed by atoms with van der Waals surface area (Å²) >= 11 is 3.18. The van der Waals surface area contributed by atoms with Crippen molar-refractivity contribution >= 4 is 29.0 Å². The minimum atomic E-state index is -0.0480. The highest BCUT2D eigenvalue weighted by molar-refractivity contribution is 7.99. The van der Waals surface area contributed by atoms with Crippen LogP contribution in [0.5, 0.6) is 0 Å². The molecule has 0 radical (unpaired) electrons. The van der Waals surface area contributed by atoms with E-state index in [0.717, 1.165) is 22.0 Å². The van der Waals surface area contributed by atoms with Gasteiger partial charge in [-0.25, -0.2) is 4.98 Å². The third-order valence-electron chi connectivity index (χ3n) is 3.39. The third-order valence-corrected chi connectivity index (χ3v) is 5.37. The maximum Gasteiger partial charge on any atom is 0.263 e. The van der Waals surface area contributed by atoms with Crippen LogP contribution in [0.2, 0.25) is 0 Å². The molecule has 0 aliphatic heterocycles. The lowest BCUT2D eigenvalue weighted by Crippen LogP contribution is -2.25. The number of thioether (sulfide) groups is 1. The molecule has 0 aliphatic carbocycles. The van der Waals surface area contributed by atoms with Gasteiger partial charge in [0.25, 0.3) is 5.91 Å². The first kappa shape index (κ1) is 16.7. The number of nitrogens with zero attached hydrogens (tertiary/aromatic N) is 1. The molecule has 5 heteroatoms. The molecular weight excluding hydrogens is 336 g/mol. The van der Waals surface area contributed by atoms with Crippen molar-refractivity contribution in [2.75, 3.05) is 12.3 Å². The van der Waals surface area contributed by atoms with Crippen molar-refractivity contribution < 1.29 is 4.79 Å². The predicted octanol–water partition coefficient (Wildman–Crippen LogP) is 4.64. The van der Waals surface area contributed by atoms with E-state index in [4.69, 9.17) is 0 Å². The Morgan fingerprint density at radius 2 is 1.75 bits per heavy atom. The van der Waals surface area contributed by atoms with Crippen molar-refractivity contribution in [3.05, 3.63) is 70.5 Å². The van der Waals surface area contributed by atoms with Gasteiger partial charge in [0.05, 0.1) is 10.7 Å². The van der Waals surface area contributed by atoms with Crippen LogP contribution in [-0.4, -0.2) is 23.2 Å². The van der Waals surface area contributed by atoms with E-state index in [1.54, 1.807) is 11.8 Å². The number of aromatic nitrogens is 1. The molecule has 1 aromatic heterocycles. The predicted molar refractivity (Wildman–Crippen MR) is 102 cm³/mol. The Hall–Kier alpha value is -2.11. The summed E-state index contributed by atoms with van der Waals surface area (Å²) in [5, 5.41) is 3.90. The minimum Gasteiger partial charge on any atom is -0.350 e. The fraction of sp³-hybridized carbons (Fsp3) is 0.158. The molecule has 3 rings (SSSR count). The van der Waals surface area contributed by atoms with Crippen LogP contribution in [0.15, 0.2) is 65.6 Å². The van der Waals surface area contributed by atoms with Crippen LogP contribution >= 0.6 is 23.1 Å². The molecule has 0 atom stereocenters. The molecule has 2 aromatic carbocycles. The van der Waals surface area contributed by atoms with Crippen molar-refractivity contribution in [2.24, 2.45) is 0 Å². The highest BCUT2D eigenvalue weighted by atomic mass is 32.2. The molecule has 0 bridgehead atoms. The summed E-state index contributed by atoms with van der Waals surface area (Å²) in [4.78, 5) is 18.9. The molecule has 0 aliphatic rings. The van der Waals surface area contributed by atoms with Crippen LogP contribution in [0.4, 0.5) is 0 Å². The van der Waals surface area contributed by atoms with E-state index in [0.29, 0.717) is 11.4 Å². The lowest BCUT2D eigenvalue weighted by molar-refractivity contribution is 0.0960. The zero-order valence-electron chi connectivity index (χ0n) is 13.4. The number of carbonyl (C=O) groups excluding carboxylic acids is 1. The van der Waals surface area contributed by atoms with E-state index < -0.39 is 0 Å². The van der Waals surface area contributed by atoms with E-state index in [1.807, 2.05) is 55.5 Å². The van der Waals surface area contributed by atoms with Gasteiger partial charge in [-0.3, -0.25) is 4.79 Å². The monoisotopic (exact) mass is 354 g/mol. The quantitative estimate of drug-likeness (QED) is 0.518. The zero-order valence-corrected chi connectivity index (χ0v) is 15.0. The molecular formula is C19H18N2OS2. The Morgan fingerprint density at radius 3 is 2.46 bits per heavy atom. The van der Waals surface area contributed by atoms with Gasteiger partial charge >= 0.3 is 0 Å². The Morgan fingerprint density at radius 1 is 1.08 bits per heavy atom. The molecule has 3 nitrogen and oxygen atoms in total. The van der Waals surface area contributed by atoms with E-state index >= 15 is 0 Å². The van der Waals surface area contributed by atoms with E-state index in [1.165, 1.54) is 16.2 Å². The van der Waals surface area contributed by atoms with Crippen LogP contribution in [0, 0.1) is 6.92 Å². The van der Waals surface area contributed by atoms with Crippen molar-refractivity contribution in [2.45, 2.75) is 11.8 Å². The molecule has 0 spiro atoms. The lowest BCUT2D eigenvalue weighted by atomic mass is 10.1. The average Bonchev–Trinajstić information content (AvgIpc) is 3.02. The topological polar surface area (TPSA) is 42.0 Å². The smallest absolute Gasteiger partial charge is 0.263 e. The van der Waals surface area contributed by atoms with E-state index in [-0.39, 0.29) is 5.91 Å². The van der Waals surface area contributed by atoms with Crippen molar-refractivity contribution in [3.63, 3.8) is 0 Å². The van der Waals surface area contributed by atoms with Crippen LogP contribution in [0.25, 0.3) is 11.3 Å². The SMILES string of the molecule is Cc1nc(-c2ccccc2)c(C(=O)NCCSc2ccccc2)s1. The number of thiazole rings is 1. The second-order valence-corrected chi connectivity index (χ2v) is 7.57. The Balaban J connectivity index is 1.61. The van der Waals surface area contributed by atoms with Gasteiger partial charge in [-0.2, -0.15) is 0 Å². The fourth-order valence-corrected chi connectivity index (χ4v) is 3.95. The van der Waals surface area contributed by atoms with Crippen molar-refractivity contribution in [3.8, 4) is 11.3 Å². The van der Waals surface area contributed by atoms with Gasteiger partial charge in [-0.15, -0.1) is 23.1 Å². The number of hydrogen-bond acceptors (Lipinski definition) is 4. The standard InChI is InChI=1S/C19H18N2OS2/c1-14-21-17(15-8-4-2-5-9-15)18(24-14)19(22)20-12-13-23-16-10-6-3-7-11-16/h2-11H,12-13H2,1H3,(H,20,22). The molecule has 1 heterocycles. The fourth-order valence-electron chi connectivity index (χ4n) is 2.30.